The van der Waals surface area contributed by atoms with Gasteiger partial charge in [-0.1, -0.05) is 54.6 Å². The second-order valence-corrected chi connectivity index (χ2v) is 5.34. The van der Waals surface area contributed by atoms with Crippen LogP contribution in [0.15, 0.2) is 73.3 Å². The summed E-state index contributed by atoms with van der Waals surface area (Å²) in [5.74, 6) is -0.491. The summed E-state index contributed by atoms with van der Waals surface area (Å²) in [7, 11) is 0. The predicted molar refractivity (Wildman–Crippen MR) is 91.5 cm³/mol. The number of halogens is 1. The lowest BCUT2D eigenvalue weighted by Gasteiger charge is -2.21. The van der Waals surface area contributed by atoms with Gasteiger partial charge in [0.1, 0.15) is 18.9 Å². The molecule has 0 saturated carbocycles. The fourth-order valence-corrected chi connectivity index (χ4v) is 2.16. The first-order valence-electron chi connectivity index (χ1n) is 7.83. The highest BCUT2D eigenvalue weighted by Gasteiger charge is 2.23. The second kappa shape index (κ2) is 9.63. The minimum atomic E-state index is -1.28. The molecule has 0 aromatic heterocycles. The standard InChI is InChI=1S/C20H21FO3/c1-2-9-18(21)19(23-14-16-10-5-3-6-11-16)15-24-20(22)17-12-7-4-8-13-17/h2-8,10-13,18-19H,1,9,14-15H2/t18-,19-/m1/s1. The van der Waals surface area contributed by atoms with Gasteiger partial charge in [-0.25, -0.2) is 9.18 Å². The Morgan fingerprint density at radius 2 is 1.71 bits per heavy atom. The fraction of sp³-hybridized carbons (Fsp3) is 0.250. The maximum absolute atomic E-state index is 14.2. The van der Waals surface area contributed by atoms with Crippen LogP contribution in [0.1, 0.15) is 22.3 Å². The van der Waals surface area contributed by atoms with Gasteiger partial charge in [-0.05, 0) is 24.1 Å². The van der Waals surface area contributed by atoms with E-state index in [9.17, 15) is 9.18 Å². The monoisotopic (exact) mass is 328 g/mol. The van der Waals surface area contributed by atoms with Crippen LogP contribution >= 0.6 is 0 Å². The predicted octanol–water partition coefficient (Wildman–Crippen LogP) is 4.34. The van der Waals surface area contributed by atoms with Crippen LogP contribution < -0.4 is 0 Å². The van der Waals surface area contributed by atoms with E-state index < -0.39 is 18.2 Å². The molecular formula is C20H21FO3. The molecule has 0 saturated heterocycles. The lowest BCUT2D eigenvalue weighted by molar-refractivity contribution is -0.0505. The highest BCUT2D eigenvalue weighted by Crippen LogP contribution is 2.14. The molecule has 0 aliphatic rings. The van der Waals surface area contributed by atoms with Crippen molar-refractivity contribution in [3.05, 3.63) is 84.4 Å². The van der Waals surface area contributed by atoms with Gasteiger partial charge in [0.15, 0.2) is 0 Å². The first-order valence-corrected chi connectivity index (χ1v) is 7.83. The van der Waals surface area contributed by atoms with E-state index in [0.29, 0.717) is 5.56 Å². The maximum atomic E-state index is 14.2. The van der Waals surface area contributed by atoms with Gasteiger partial charge >= 0.3 is 5.97 Å². The van der Waals surface area contributed by atoms with E-state index >= 15 is 0 Å². The Balaban J connectivity index is 1.93. The zero-order valence-corrected chi connectivity index (χ0v) is 13.4. The van der Waals surface area contributed by atoms with Crippen molar-refractivity contribution in [1.82, 2.24) is 0 Å². The van der Waals surface area contributed by atoms with E-state index in [4.69, 9.17) is 9.47 Å². The largest absolute Gasteiger partial charge is 0.459 e. The molecule has 4 heteroatoms. The van der Waals surface area contributed by atoms with Crippen LogP contribution in [0.4, 0.5) is 4.39 Å². The topological polar surface area (TPSA) is 35.5 Å². The van der Waals surface area contributed by atoms with E-state index in [-0.39, 0.29) is 19.6 Å². The summed E-state index contributed by atoms with van der Waals surface area (Å²) >= 11 is 0. The van der Waals surface area contributed by atoms with E-state index in [1.807, 2.05) is 36.4 Å². The van der Waals surface area contributed by atoms with Crippen LogP contribution in [0.25, 0.3) is 0 Å². The number of ether oxygens (including phenoxy) is 2. The molecule has 0 bridgehead atoms. The summed E-state index contributed by atoms with van der Waals surface area (Å²) in [5, 5.41) is 0. The Labute approximate surface area is 141 Å². The zero-order valence-electron chi connectivity index (χ0n) is 13.4. The summed E-state index contributed by atoms with van der Waals surface area (Å²) < 4.78 is 25.1. The molecule has 3 nitrogen and oxygen atoms in total. The number of allylic oxidation sites excluding steroid dienone is 1. The molecule has 2 atom stereocenters. The molecule has 2 aromatic carbocycles. The number of carbonyl (C=O) groups excluding carboxylic acids is 1. The molecule has 0 heterocycles. The average Bonchev–Trinajstić information content (AvgIpc) is 2.63. The Bertz CT molecular complexity index is 628. The van der Waals surface area contributed by atoms with Crippen molar-refractivity contribution in [2.24, 2.45) is 0 Å². The average molecular weight is 328 g/mol. The molecule has 0 aliphatic heterocycles. The third-order valence-electron chi connectivity index (χ3n) is 3.49. The molecule has 0 unspecified atom stereocenters. The van der Waals surface area contributed by atoms with E-state index in [0.717, 1.165) is 5.56 Å². The van der Waals surface area contributed by atoms with Crippen LogP contribution in [0.3, 0.4) is 0 Å². The van der Waals surface area contributed by atoms with Crippen molar-refractivity contribution in [1.29, 1.82) is 0 Å². The molecule has 2 aromatic rings. The normalized spacial score (nSPS) is 13.0. The van der Waals surface area contributed by atoms with E-state index in [2.05, 4.69) is 6.58 Å². The Kier molecular flexibility index (Phi) is 7.18. The molecule has 24 heavy (non-hydrogen) atoms. The van der Waals surface area contributed by atoms with Crippen LogP contribution in [-0.2, 0) is 16.1 Å². The van der Waals surface area contributed by atoms with Gasteiger partial charge in [-0.15, -0.1) is 6.58 Å². The molecule has 0 aliphatic carbocycles. The van der Waals surface area contributed by atoms with Crippen molar-refractivity contribution in [3.8, 4) is 0 Å². The molecule has 0 radical (unpaired) electrons. The Hall–Kier alpha value is -2.46. The van der Waals surface area contributed by atoms with Crippen LogP contribution in [-0.4, -0.2) is 24.9 Å². The molecule has 2 rings (SSSR count). The third-order valence-corrected chi connectivity index (χ3v) is 3.49. The van der Waals surface area contributed by atoms with Gasteiger partial charge in [0.2, 0.25) is 0 Å². The number of hydrogen-bond donors (Lipinski definition) is 0. The molecule has 0 N–H and O–H groups in total. The highest BCUT2D eigenvalue weighted by atomic mass is 19.1. The number of alkyl halides is 1. The van der Waals surface area contributed by atoms with Gasteiger partial charge in [0.05, 0.1) is 12.2 Å². The Morgan fingerprint density at radius 1 is 1.08 bits per heavy atom. The first-order chi connectivity index (χ1) is 11.7. The summed E-state index contributed by atoms with van der Waals surface area (Å²) in [6.45, 7) is 3.65. The quantitative estimate of drug-likeness (QED) is 0.507. The summed E-state index contributed by atoms with van der Waals surface area (Å²) in [6.07, 6.45) is -0.490. The maximum Gasteiger partial charge on any atom is 0.338 e. The van der Waals surface area contributed by atoms with E-state index in [1.165, 1.54) is 6.08 Å². The van der Waals surface area contributed by atoms with Gasteiger partial charge in [-0.2, -0.15) is 0 Å². The number of rotatable bonds is 9. The van der Waals surface area contributed by atoms with Crippen molar-refractivity contribution in [2.45, 2.75) is 25.3 Å². The van der Waals surface area contributed by atoms with Crippen molar-refractivity contribution < 1.29 is 18.7 Å². The Morgan fingerprint density at radius 3 is 2.33 bits per heavy atom. The molecular weight excluding hydrogens is 307 g/mol. The minimum absolute atomic E-state index is 0.141. The number of carbonyl (C=O) groups is 1. The van der Waals surface area contributed by atoms with Crippen LogP contribution in [0.5, 0.6) is 0 Å². The van der Waals surface area contributed by atoms with Crippen molar-refractivity contribution in [2.75, 3.05) is 6.61 Å². The smallest absolute Gasteiger partial charge is 0.338 e. The summed E-state index contributed by atoms with van der Waals surface area (Å²) in [4.78, 5) is 12.0. The van der Waals surface area contributed by atoms with Crippen molar-refractivity contribution in [3.63, 3.8) is 0 Å². The first kappa shape index (κ1) is 17.9. The van der Waals surface area contributed by atoms with Crippen LogP contribution in [0, 0.1) is 0 Å². The lowest BCUT2D eigenvalue weighted by atomic mass is 10.1. The number of esters is 1. The van der Waals surface area contributed by atoms with Gasteiger partial charge in [0, 0.05) is 0 Å². The summed E-state index contributed by atoms with van der Waals surface area (Å²) in [5.41, 5.74) is 1.36. The molecule has 0 amide bonds. The highest BCUT2D eigenvalue weighted by molar-refractivity contribution is 5.89. The minimum Gasteiger partial charge on any atom is -0.459 e. The zero-order chi connectivity index (χ0) is 17.2. The van der Waals surface area contributed by atoms with E-state index in [1.54, 1.807) is 24.3 Å². The fourth-order valence-electron chi connectivity index (χ4n) is 2.16. The number of hydrogen-bond acceptors (Lipinski definition) is 3. The van der Waals surface area contributed by atoms with Crippen LogP contribution in [0.2, 0.25) is 0 Å². The molecule has 0 spiro atoms. The second-order valence-electron chi connectivity index (χ2n) is 5.34. The van der Waals surface area contributed by atoms with Gasteiger partial charge in [-0.3, -0.25) is 0 Å². The third kappa shape index (κ3) is 5.63. The molecule has 126 valence electrons. The number of benzene rings is 2. The van der Waals surface area contributed by atoms with Gasteiger partial charge < -0.3 is 9.47 Å². The van der Waals surface area contributed by atoms with Crippen molar-refractivity contribution >= 4 is 5.97 Å². The summed E-state index contributed by atoms with van der Waals surface area (Å²) in [6, 6.07) is 18.1. The SMILES string of the molecule is C=CC[C@@H](F)[C@@H](COC(=O)c1ccccc1)OCc1ccccc1. The molecule has 0 fully saturated rings. The van der Waals surface area contributed by atoms with Gasteiger partial charge in [0.25, 0.3) is 0 Å². The lowest BCUT2D eigenvalue weighted by Crippen LogP contribution is -2.31.